The van der Waals surface area contributed by atoms with Crippen molar-refractivity contribution in [3.05, 3.63) is 56.8 Å². The first-order valence-electron chi connectivity index (χ1n) is 4.84. The zero-order valence-electron chi connectivity index (χ0n) is 8.65. The molecule has 0 aliphatic heterocycles. The lowest BCUT2D eigenvalue weighted by Crippen LogP contribution is -2.14. The molecule has 5 heteroatoms. The number of nitrogens with one attached hydrogen (secondary N) is 1. The van der Waals surface area contributed by atoms with Gasteiger partial charge < -0.3 is 5.32 Å². The fourth-order valence-electron chi connectivity index (χ4n) is 1.29. The van der Waals surface area contributed by atoms with Crippen molar-refractivity contribution >= 4 is 45.9 Å². The number of carbonyl (C=O) groups is 1. The van der Waals surface area contributed by atoms with Crippen molar-refractivity contribution in [2.45, 2.75) is 0 Å². The summed E-state index contributed by atoms with van der Waals surface area (Å²) in [6.07, 6.45) is 1.62. The molecule has 0 aliphatic carbocycles. The molecule has 1 amide bonds. The van der Waals surface area contributed by atoms with E-state index >= 15 is 0 Å². The Morgan fingerprint density at radius 2 is 2.12 bits per heavy atom. The van der Waals surface area contributed by atoms with Gasteiger partial charge in [0.25, 0.3) is 5.91 Å². The molecule has 0 radical (unpaired) electrons. The van der Waals surface area contributed by atoms with E-state index in [9.17, 15) is 4.79 Å². The van der Waals surface area contributed by atoms with E-state index in [4.69, 9.17) is 11.6 Å². The molecule has 0 spiro atoms. The first-order valence-corrected chi connectivity index (χ1v) is 6.30. The quantitative estimate of drug-likeness (QED) is 0.834. The molecule has 0 bridgehead atoms. The predicted molar refractivity (Wildman–Crippen MR) is 76.4 cm³/mol. The Labute approximate surface area is 117 Å². The van der Waals surface area contributed by atoms with Gasteiger partial charge in [-0.05, 0) is 52.9 Å². The van der Waals surface area contributed by atoms with Gasteiger partial charge in [0.1, 0.15) is 5.82 Å². The number of halogens is 2. The highest BCUT2D eigenvalue weighted by Gasteiger charge is 2.10. The summed E-state index contributed by atoms with van der Waals surface area (Å²) in [5.41, 5.74) is 0.545. The molecule has 0 fully saturated rings. The molecular formula is C12H8ClIN2O. The third kappa shape index (κ3) is 3.17. The first kappa shape index (κ1) is 12.3. The number of rotatable bonds is 2. The van der Waals surface area contributed by atoms with Crippen LogP contribution in [0.15, 0.2) is 42.6 Å². The van der Waals surface area contributed by atoms with E-state index < -0.39 is 0 Å². The molecule has 1 aromatic carbocycles. The van der Waals surface area contributed by atoms with E-state index in [1.165, 1.54) is 0 Å². The van der Waals surface area contributed by atoms with Crippen molar-refractivity contribution < 1.29 is 4.79 Å². The standard InChI is InChI=1S/C12H8ClIN2O/c13-8-4-5-10(14)9(7-8)12(17)16-11-3-1-2-6-15-11/h1-7H,(H,15,16,17). The lowest BCUT2D eigenvalue weighted by Gasteiger charge is -2.06. The number of carbonyl (C=O) groups excluding carboxylic acids is 1. The predicted octanol–water partition coefficient (Wildman–Crippen LogP) is 3.59. The zero-order valence-corrected chi connectivity index (χ0v) is 11.6. The van der Waals surface area contributed by atoms with Crippen LogP contribution in [0, 0.1) is 3.57 Å². The van der Waals surface area contributed by atoms with E-state index in [1.807, 2.05) is 6.07 Å². The van der Waals surface area contributed by atoms with Gasteiger partial charge in [0, 0.05) is 14.8 Å². The van der Waals surface area contributed by atoms with Gasteiger partial charge in [0.05, 0.1) is 5.56 Å². The molecule has 3 nitrogen and oxygen atoms in total. The van der Waals surface area contributed by atoms with Crippen LogP contribution in [0.5, 0.6) is 0 Å². The number of hydrogen-bond donors (Lipinski definition) is 1. The Kier molecular flexibility index (Phi) is 3.96. The van der Waals surface area contributed by atoms with E-state index in [0.29, 0.717) is 16.4 Å². The molecule has 86 valence electrons. The third-order valence-corrected chi connectivity index (χ3v) is 3.26. The van der Waals surface area contributed by atoms with Gasteiger partial charge in [0.2, 0.25) is 0 Å². The maximum absolute atomic E-state index is 12.0. The fourth-order valence-corrected chi connectivity index (χ4v) is 2.04. The van der Waals surface area contributed by atoms with Crippen LogP contribution >= 0.6 is 34.2 Å². The summed E-state index contributed by atoms with van der Waals surface area (Å²) in [5.74, 6) is 0.309. The van der Waals surface area contributed by atoms with E-state index in [-0.39, 0.29) is 5.91 Å². The molecule has 2 rings (SSSR count). The molecule has 0 aliphatic rings. The van der Waals surface area contributed by atoms with Crippen molar-refractivity contribution in [2.75, 3.05) is 5.32 Å². The maximum Gasteiger partial charge on any atom is 0.257 e. The number of amides is 1. The lowest BCUT2D eigenvalue weighted by atomic mass is 10.2. The molecule has 1 N–H and O–H groups in total. The van der Waals surface area contributed by atoms with Crippen molar-refractivity contribution in [2.24, 2.45) is 0 Å². The van der Waals surface area contributed by atoms with E-state index in [2.05, 4.69) is 32.9 Å². The monoisotopic (exact) mass is 358 g/mol. The minimum atomic E-state index is -0.212. The molecule has 0 saturated carbocycles. The van der Waals surface area contributed by atoms with Crippen LogP contribution < -0.4 is 5.32 Å². The molecular weight excluding hydrogens is 351 g/mol. The number of pyridine rings is 1. The van der Waals surface area contributed by atoms with Gasteiger partial charge in [-0.3, -0.25) is 4.79 Å². The van der Waals surface area contributed by atoms with Crippen molar-refractivity contribution in [3.63, 3.8) is 0 Å². The van der Waals surface area contributed by atoms with Crippen molar-refractivity contribution in [3.8, 4) is 0 Å². The topological polar surface area (TPSA) is 42.0 Å². The average Bonchev–Trinajstić information content (AvgIpc) is 2.33. The van der Waals surface area contributed by atoms with Gasteiger partial charge in [-0.1, -0.05) is 17.7 Å². The molecule has 1 heterocycles. The van der Waals surface area contributed by atoms with Gasteiger partial charge >= 0.3 is 0 Å². The number of hydrogen-bond acceptors (Lipinski definition) is 2. The number of benzene rings is 1. The van der Waals surface area contributed by atoms with Gasteiger partial charge in [-0.25, -0.2) is 4.98 Å². The zero-order chi connectivity index (χ0) is 12.3. The van der Waals surface area contributed by atoms with Gasteiger partial charge in [0.15, 0.2) is 0 Å². The van der Waals surface area contributed by atoms with Crippen LogP contribution in [-0.4, -0.2) is 10.9 Å². The Balaban J connectivity index is 2.23. The summed E-state index contributed by atoms with van der Waals surface area (Å²) in [6.45, 7) is 0. The van der Waals surface area contributed by atoms with Crippen LogP contribution in [0.3, 0.4) is 0 Å². The molecule has 1 aromatic heterocycles. The second-order valence-corrected chi connectivity index (χ2v) is 4.89. The minimum Gasteiger partial charge on any atom is -0.307 e. The van der Waals surface area contributed by atoms with Gasteiger partial charge in [-0.15, -0.1) is 0 Å². The number of anilines is 1. The van der Waals surface area contributed by atoms with Crippen molar-refractivity contribution in [1.29, 1.82) is 0 Å². The van der Waals surface area contributed by atoms with Crippen molar-refractivity contribution in [1.82, 2.24) is 4.98 Å². The van der Waals surface area contributed by atoms with Crippen LogP contribution in [0.2, 0.25) is 5.02 Å². The highest BCUT2D eigenvalue weighted by Crippen LogP contribution is 2.18. The van der Waals surface area contributed by atoms with Crippen LogP contribution in [-0.2, 0) is 0 Å². The second kappa shape index (κ2) is 5.46. The Morgan fingerprint density at radius 3 is 2.82 bits per heavy atom. The van der Waals surface area contributed by atoms with E-state index in [1.54, 1.807) is 36.5 Å². The molecule has 0 unspecified atom stereocenters. The summed E-state index contributed by atoms with van der Waals surface area (Å²) < 4.78 is 0.848. The molecule has 2 aromatic rings. The SMILES string of the molecule is O=C(Nc1ccccn1)c1cc(Cl)ccc1I. The van der Waals surface area contributed by atoms with Crippen LogP contribution in [0.4, 0.5) is 5.82 Å². The maximum atomic E-state index is 12.0. The Hall–Kier alpha value is -1.14. The summed E-state index contributed by atoms with van der Waals surface area (Å²) in [7, 11) is 0. The number of aromatic nitrogens is 1. The molecule has 0 saturated heterocycles. The minimum absolute atomic E-state index is 0.212. The second-order valence-electron chi connectivity index (χ2n) is 3.29. The highest BCUT2D eigenvalue weighted by atomic mass is 127. The van der Waals surface area contributed by atoms with E-state index in [0.717, 1.165) is 3.57 Å². The normalized spacial score (nSPS) is 10.0. The Morgan fingerprint density at radius 1 is 1.29 bits per heavy atom. The largest absolute Gasteiger partial charge is 0.307 e. The number of nitrogens with zero attached hydrogens (tertiary/aromatic N) is 1. The lowest BCUT2D eigenvalue weighted by molar-refractivity contribution is 0.102. The highest BCUT2D eigenvalue weighted by molar-refractivity contribution is 14.1. The Bertz CT molecular complexity index is 545. The summed E-state index contributed by atoms with van der Waals surface area (Å²) in [5, 5.41) is 3.25. The summed E-state index contributed by atoms with van der Waals surface area (Å²) >= 11 is 7.96. The molecule has 0 atom stereocenters. The van der Waals surface area contributed by atoms with Crippen LogP contribution in [0.1, 0.15) is 10.4 Å². The summed E-state index contributed by atoms with van der Waals surface area (Å²) in [6, 6.07) is 10.5. The first-order chi connectivity index (χ1) is 8.16. The summed E-state index contributed by atoms with van der Waals surface area (Å²) in [4.78, 5) is 16.0. The van der Waals surface area contributed by atoms with Crippen LogP contribution in [0.25, 0.3) is 0 Å². The van der Waals surface area contributed by atoms with Gasteiger partial charge in [-0.2, -0.15) is 0 Å². The molecule has 17 heavy (non-hydrogen) atoms. The fraction of sp³-hybridized carbons (Fsp3) is 0. The smallest absolute Gasteiger partial charge is 0.257 e. The average molecular weight is 359 g/mol. The third-order valence-electron chi connectivity index (χ3n) is 2.08.